The smallest absolute Gasteiger partial charge is 0.435 e. The van der Waals surface area contributed by atoms with Crippen molar-refractivity contribution in [1.82, 2.24) is 20.0 Å². The van der Waals surface area contributed by atoms with Crippen LogP contribution >= 0.6 is 0 Å². The fourth-order valence-corrected chi connectivity index (χ4v) is 2.68. The fourth-order valence-electron chi connectivity index (χ4n) is 2.68. The molecule has 134 valence electrons. The number of rotatable bonds is 6. The zero-order chi connectivity index (χ0) is 17.9. The number of halogens is 3. The lowest BCUT2D eigenvalue weighted by Crippen LogP contribution is -2.42. The van der Waals surface area contributed by atoms with Gasteiger partial charge in [0.05, 0.1) is 25.2 Å². The van der Waals surface area contributed by atoms with Gasteiger partial charge < -0.3 is 15.3 Å². The molecule has 10 heteroatoms. The van der Waals surface area contributed by atoms with Crippen LogP contribution in [0.5, 0.6) is 0 Å². The first-order chi connectivity index (χ1) is 11.2. The van der Waals surface area contributed by atoms with Gasteiger partial charge in [0.1, 0.15) is 0 Å². The molecule has 0 aromatic carbocycles. The third-order valence-electron chi connectivity index (χ3n) is 3.85. The van der Waals surface area contributed by atoms with Crippen LogP contribution in [0.4, 0.5) is 13.2 Å². The maximum atomic E-state index is 13.0. The first kappa shape index (κ1) is 18.2. The molecule has 0 unspecified atom stereocenters. The largest absolute Gasteiger partial charge is 0.481 e. The van der Waals surface area contributed by atoms with Crippen molar-refractivity contribution in [2.75, 3.05) is 19.6 Å². The Morgan fingerprint density at radius 3 is 2.67 bits per heavy atom. The van der Waals surface area contributed by atoms with E-state index in [0.717, 1.165) is 0 Å². The number of fused-ring (bicyclic) bond motifs is 1. The maximum absolute atomic E-state index is 13.0. The van der Waals surface area contributed by atoms with Gasteiger partial charge in [-0.1, -0.05) is 0 Å². The normalized spacial score (nSPS) is 14.6. The highest BCUT2D eigenvalue weighted by molar-refractivity contribution is 5.78. The molecular weight excluding hydrogens is 329 g/mol. The summed E-state index contributed by atoms with van der Waals surface area (Å²) in [5.41, 5.74) is -0.298. The summed E-state index contributed by atoms with van der Waals surface area (Å²) >= 11 is 0. The van der Waals surface area contributed by atoms with E-state index in [-0.39, 0.29) is 57.0 Å². The van der Waals surface area contributed by atoms with E-state index < -0.39 is 17.8 Å². The van der Waals surface area contributed by atoms with Crippen molar-refractivity contribution < 1.29 is 27.9 Å². The van der Waals surface area contributed by atoms with Crippen molar-refractivity contribution in [3.8, 4) is 0 Å². The van der Waals surface area contributed by atoms with Crippen LogP contribution in [-0.4, -0.2) is 51.3 Å². The number of aromatic nitrogens is 2. The van der Waals surface area contributed by atoms with Crippen LogP contribution in [0.15, 0.2) is 0 Å². The van der Waals surface area contributed by atoms with Crippen molar-refractivity contribution in [2.24, 2.45) is 0 Å². The Morgan fingerprint density at radius 1 is 1.38 bits per heavy atom. The first-order valence-electron chi connectivity index (χ1n) is 7.60. The molecule has 0 aliphatic carbocycles. The third kappa shape index (κ3) is 4.05. The number of nitrogens with one attached hydrogen (secondary N) is 1. The van der Waals surface area contributed by atoms with E-state index in [0.29, 0.717) is 5.69 Å². The van der Waals surface area contributed by atoms with Crippen molar-refractivity contribution >= 4 is 11.9 Å². The van der Waals surface area contributed by atoms with E-state index in [1.54, 1.807) is 6.92 Å². The van der Waals surface area contributed by atoms with E-state index in [4.69, 9.17) is 5.11 Å². The number of hydrogen-bond acceptors (Lipinski definition) is 4. The van der Waals surface area contributed by atoms with Gasteiger partial charge in [-0.3, -0.25) is 14.3 Å². The second-order valence-electron chi connectivity index (χ2n) is 5.47. The number of hydrogen-bond donors (Lipinski definition) is 2. The van der Waals surface area contributed by atoms with E-state index >= 15 is 0 Å². The average molecular weight is 348 g/mol. The van der Waals surface area contributed by atoms with Crippen molar-refractivity contribution in [2.45, 2.75) is 39.0 Å². The molecule has 1 aromatic heterocycles. The molecule has 2 heterocycles. The fraction of sp³-hybridized carbons (Fsp3) is 0.643. The Kier molecular flexibility index (Phi) is 5.47. The summed E-state index contributed by atoms with van der Waals surface area (Å²) in [5.74, 6) is -1.24. The third-order valence-corrected chi connectivity index (χ3v) is 3.85. The molecule has 0 atom stereocenters. The topological polar surface area (TPSA) is 87.5 Å². The lowest BCUT2D eigenvalue weighted by molar-refractivity contribution is -0.142. The Balaban J connectivity index is 2.05. The number of aliphatic carboxylic acids is 1. The average Bonchev–Trinajstić information content (AvgIpc) is 2.89. The number of alkyl halides is 3. The van der Waals surface area contributed by atoms with Crippen LogP contribution in [-0.2, 0) is 35.3 Å². The number of carboxylic acid groups (broad SMARTS) is 1. The summed E-state index contributed by atoms with van der Waals surface area (Å²) in [6.07, 6.45) is -4.50. The molecule has 24 heavy (non-hydrogen) atoms. The zero-order valence-corrected chi connectivity index (χ0v) is 13.2. The van der Waals surface area contributed by atoms with Crippen LogP contribution in [0, 0.1) is 0 Å². The van der Waals surface area contributed by atoms with E-state index in [1.165, 1.54) is 9.58 Å². The first-order valence-corrected chi connectivity index (χ1v) is 7.60. The van der Waals surface area contributed by atoms with Gasteiger partial charge in [0.2, 0.25) is 5.91 Å². The predicted octanol–water partition coefficient (Wildman–Crippen LogP) is 0.871. The Bertz CT molecular complexity index is 628. The molecule has 2 rings (SSSR count). The van der Waals surface area contributed by atoms with Gasteiger partial charge >= 0.3 is 12.1 Å². The lowest BCUT2D eigenvalue weighted by atomic mass is 10.0. The molecule has 0 spiro atoms. The number of carbonyl (C=O) groups excluding carboxylic acids is 1. The van der Waals surface area contributed by atoms with Crippen LogP contribution in [0.3, 0.4) is 0 Å². The van der Waals surface area contributed by atoms with Crippen LogP contribution < -0.4 is 5.32 Å². The summed E-state index contributed by atoms with van der Waals surface area (Å²) in [4.78, 5) is 24.0. The van der Waals surface area contributed by atoms with E-state index in [9.17, 15) is 22.8 Å². The number of carboxylic acids is 1. The SMILES string of the molecule is CCn1nc(C(F)(F)F)c2c1CN(C(=O)CNCCC(=O)O)CC2. The second-order valence-corrected chi connectivity index (χ2v) is 5.47. The molecule has 7 nitrogen and oxygen atoms in total. The molecule has 2 N–H and O–H groups in total. The molecule has 0 bridgehead atoms. The second kappa shape index (κ2) is 7.20. The van der Waals surface area contributed by atoms with Crippen molar-refractivity contribution in [1.29, 1.82) is 0 Å². The molecule has 0 radical (unpaired) electrons. The van der Waals surface area contributed by atoms with Crippen molar-refractivity contribution in [3.63, 3.8) is 0 Å². The number of aryl methyl sites for hydroxylation is 1. The minimum Gasteiger partial charge on any atom is -0.481 e. The summed E-state index contributed by atoms with van der Waals surface area (Å²) in [7, 11) is 0. The quantitative estimate of drug-likeness (QED) is 0.745. The monoisotopic (exact) mass is 348 g/mol. The van der Waals surface area contributed by atoms with Crippen LogP contribution in [0.2, 0.25) is 0 Å². The summed E-state index contributed by atoms with van der Waals surface area (Å²) in [5, 5.41) is 14.9. The number of amides is 1. The minimum absolute atomic E-state index is 0.0466. The molecule has 1 amide bonds. The van der Waals surface area contributed by atoms with Crippen LogP contribution in [0.1, 0.15) is 30.3 Å². The summed E-state index contributed by atoms with van der Waals surface area (Å²) in [6, 6.07) is 0. The highest BCUT2D eigenvalue weighted by Gasteiger charge is 2.40. The van der Waals surface area contributed by atoms with Gasteiger partial charge in [-0.05, 0) is 13.3 Å². The molecule has 1 aliphatic rings. The van der Waals surface area contributed by atoms with E-state index in [1.807, 2.05) is 0 Å². The maximum Gasteiger partial charge on any atom is 0.435 e. The van der Waals surface area contributed by atoms with Gasteiger partial charge in [0, 0.05) is 25.2 Å². The molecular formula is C14H19F3N4O3. The van der Waals surface area contributed by atoms with Crippen molar-refractivity contribution in [3.05, 3.63) is 17.0 Å². The highest BCUT2D eigenvalue weighted by Crippen LogP contribution is 2.34. The molecule has 0 saturated carbocycles. The van der Waals surface area contributed by atoms with Gasteiger partial charge in [0.15, 0.2) is 5.69 Å². The Labute approximate surface area is 136 Å². The number of carbonyl (C=O) groups is 2. The highest BCUT2D eigenvalue weighted by atomic mass is 19.4. The molecule has 1 aromatic rings. The predicted molar refractivity (Wildman–Crippen MR) is 77.1 cm³/mol. The summed E-state index contributed by atoms with van der Waals surface area (Å²) in [6.45, 7) is 2.36. The minimum atomic E-state index is -4.50. The van der Waals surface area contributed by atoms with Crippen LogP contribution in [0.25, 0.3) is 0 Å². The zero-order valence-electron chi connectivity index (χ0n) is 13.2. The van der Waals surface area contributed by atoms with Gasteiger partial charge in [-0.15, -0.1) is 0 Å². The Morgan fingerprint density at radius 2 is 2.08 bits per heavy atom. The van der Waals surface area contributed by atoms with Gasteiger partial charge in [0.25, 0.3) is 0 Å². The Hall–Kier alpha value is -2.10. The van der Waals surface area contributed by atoms with E-state index in [2.05, 4.69) is 10.4 Å². The molecule has 0 saturated heterocycles. The molecule has 1 aliphatic heterocycles. The molecule has 0 fully saturated rings. The standard InChI is InChI=1S/C14H19F3N4O3/c1-2-21-10-8-20(11(22)7-18-5-3-12(23)24)6-4-9(10)13(19-21)14(15,16)17/h18H,2-8H2,1H3,(H,23,24). The number of nitrogens with zero attached hydrogens (tertiary/aromatic N) is 3. The van der Waals surface area contributed by atoms with Gasteiger partial charge in [-0.25, -0.2) is 0 Å². The summed E-state index contributed by atoms with van der Waals surface area (Å²) < 4.78 is 40.4. The van der Waals surface area contributed by atoms with Gasteiger partial charge in [-0.2, -0.15) is 18.3 Å². The lowest BCUT2D eigenvalue weighted by Gasteiger charge is -2.28.